The van der Waals surface area contributed by atoms with E-state index in [2.05, 4.69) is 35.2 Å². The third-order valence-electron chi connectivity index (χ3n) is 2.26. The zero-order valence-electron chi connectivity index (χ0n) is 8.61. The number of nitrogens with one attached hydrogen (secondary N) is 3. The number of aromatic nitrogens is 6. The van der Waals surface area contributed by atoms with Crippen LogP contribution in [0.5, 0.6) is 0 Å². The van der Waals surface area contributed by atoms with Gasteiger partial charge in [-0.2, -0.15) is 9.97 Å². The second kappa shape index (κ2) is 4.02. The normalized spacial score (nSPS) is 10.9. The van der Waals surface area contributed by atoms with Crippen molar-refractivity contribution in [2.45, 2.75) is 6.54 Å². The number of H-pyrrole nitrogens is 2. The molecule has 0 amide bonds. The highest BCUT2D eigenvalue weighted by atomic mass is 35.5. The predicted octanol–water partition coefficient (Wildman–Crippen LogP) is 1.34. The Labute approximate surface area is 101 Å². The Balaban J connectivity index is 1.91. The summed E-state index contributed by atoms with van der Waals surface area (Å²) in [5.74, 6) is 0.618. The first-order chi connectivity index (χ1) is 8.33. The smallest absolute Gasteiger partial charge is 0.226 e. The lowest BCUT2D eigenvalue weighted by molar-refractivity contribution is 1.05. The molecule has 0 radical (unpaired) electrons. The molecule has 0 saturated heterocycles. The summed E-state index contributed by atoms with van der Waals surface area (Å²) in [6.45, 7) is 0.571. The van der Waals surface area contributed by atoms with Crippen LogP contribution in [0.3, 0.4) is 0 Å². The number of hydrogen-bond donors (Lipinski definition) is 3. The van der Waals surface area contributed by atoms with E-state index in [-0.39, 0.29) is 5.28 Å². The van der Waals surface area contributed by atoms with Crippen molar-refractivity contribution in [3.8, 4) is 0 Å². The van der Waals surface area contributed by atoms with E-state index in [0.717, 1.165) is 11.2 Å². The van der Waals surface area contributed by atoms with Gasteiger partial charge in [-0.05, 0) is 11.6 Å². The Bertz CT molecular complexity index is 630. The van der Waals surface area contributed by atoms with Crippen molar-refractivity contribution in [1.82, 2.24) is 29.9 Å². The van der Waals surface area contributed by atoms with Crippen LogP contribution in [0.1, 0.15) is 5.69 Å². The van der Waals surface area contributed by atoms with Crippen molar-refractivity contribution >= 4 is 28.6 Å². The van der Waals surface area contributed by atoms with Gasteiger partial charge in [0.1, 0.15) is 5.52 Å². The van der Waals surface area contributed by atoms with Crippen molar-refractivity contribution in [3.05, 3.63) is 29.8 Å². The van der Waals surface area contributed by atoms with Crippen LogP contribution in [0, 0.1) is 0 Å². The molecule has 0 fully saturated rings. The van der Waals surface area contributed by atoms with Crippen LogP contribution in [0.2, 0.25) is 5.28 Å². The molecule has 3 heterocycles. The standard InChI is InChI=1S/C9H8ClN7/c10-9-16-7(6-8(17-9)15-4-14-6)12-2-5-1-11-3-13-5/h1,3-4H,2H2,(H,11,13)(H2,12,14,15,16,17). The molecule has 0 unspecified atom stereocenters. The Morgan fingerprint density at radius 1 is 1.24 bits per heavy atom. The maximum Gasteiger partial charge on any atom is 0.226 e. The third-order valence-corrected chi connectivity index (χ3v) is 2.43. The molecule has 8 heteroatoms. The minimum Gasteiger partial charge on any atom is -0.362 e. The van der Waals surface area contributed by atoms with E-state index in [9.17, 15) is 0 Å². The Hall–Kier alpha value is -2.15. The molecule has 86 valence electrons. The van der Waals surface area contributed by atoms with Crippen LogP contribution < -0.4 is 5.32 Å². The maximum atomic E-state index is 5.81. The lowest BCUT2D eigenvalue weighted by atomic mass is 10.4. The molecule has 3 rings (SSSR count). The zero-order valence-corrected chi connectivity index (χ0v) is 9.36. The van der Waals surface area contributed by atoms with Gasteiger partial charge >= 0.3 is 0 Å². The van der Waals surface area contributed by atoms with Gasteiger partial charge < -0.3 is 15.3 Å². The van der Waals surface area contributed by atoms with Crippen LogP contribution in [-0.2, 0) is 6.54 Å². The molecule has 3 N–H and O–H groups in total. The summed E-state index contributed by atoms with van der Waals surface area (Å²) in [6.07, 6.45) is 4.91. The van der Waals surface area contributed by atoms with Gasteiger partial charge in [0, 0.05) is 6.20 Å². The molecule has 0 bridgehead atoms. The van der Waals surface area contributed by atoms with Gasteiger partial charge in [0.15, 0.2) is 11.5 Å². The van der Waals surface area contributed by atoms with Gasteiger partial charge in [-0.25, -0.2) is 9.97 Å². The summed E-state index contributed by atoms with van der Waals surface area (Å²) in [4.78, 5) is 22.0. The minimum absolute atomic E-state index is 0.164. The predicted molar refractivity (Wildman–Crippen MR) is 62.6 cm³/mol. The maximum absolute atomic E-state index is 5.81. The van der Waals surface area contributed by atoms with Crippen molar-refractivity contribution in [3.63, 3.8) is 0 Å². The van der Waals surface area contributed by atoms with Crippen LogP contribution in [0.25, 0.3) is 11.2 Å². The van der Waals surface area contributed by atoms with Gasteiger partial charge in [0.25, 0.3) is 0 Å². The Morgan fingerprint density at radius 3 is 3.00 bits per heavy atom. The van der Waals surface area contributed by atoms with E-state index < -0.39 is 0 Å². The fraction of sp³-hybridized carbons (Fsp3) is 0.111. The SMILES string of the molecule is Clc1nc(NCc2cnc[nH]2)c2[nH]cnc2n1. The molecule has 0 aliphatic heterocycles. The molecular weight excluding hydrogens is 242 g/mol. The van der Waals surface area contributed by atoms with E-state index in [0.29, 0.717) is 18.0 Å². The number of hydrogen-bond acceptors (Lipinski definition) is 5. The van der Waals surface area contributed by atoms with E-state index >= 15 is 0 Å². The highest BCUT2D eigenvalue weighted by Gasteiger charge is 2.08. The third kappa shape index (κ3) is 1.92. The average Bonchev–Trinajstić information content (AvgIpc) is 2.95. The number of halogens is 1. The molecule has 0 atom stereocenters. The second-order valence-corrected chi connectivity index (χ2v) is 3.71. The number of rotatable bonds is 3. The van der Waals surface area contributed by atoms with Crippen molar-refractivity contribution in [2.24, 2.45) is 0 Å². The first kappa shape index (κ1) is 10.0. The number of nitrogens with zero attached hydrogens (tertiary/aromatic N) is 4. The zero-order chi connectivity index (χ0) is 11.7. The van der Waals surface area contributed by atoms with E-state index in [4.69, 9.17) is 11.6 Å². The molecule has 0 spiro atoms. The highest BCUT2D eigenvalue weighted by molar-refractivity contribution is 6.28. The molecule has 3 aromatic rings. The molecule has 0 aromatic carbocycles. The first-order valence-electron chi connectivity index (χ1n) is 4.90. The molecule has 7 nitrogen and oxygen atoms in total. The fourth-order valence-electron chi connectivity index (χ4n) is 1.49. The Morgan fingerprint density at radius 2 is 2.18 bits per heavy atom. The van der Waals surface area contributed by atoms with Gasteiger partial charge in [-0.1, -0.05) is 0 Å². The lowest BCUT2D eigenvalue weighted by Gasteiger charge is -2.04. The largest absolute Gasteiger partial charge is 0.362 e. The van der Waals surface area contributed by atoms with E-state index in [1.807, 2.05) is 0 Å². The van der Waals surface area contributed by atoms with E-state index in [1.54, 1.807) is 18.9 Å². The number of fused-ring (bicyclic) bond motifs is 1. The summed E-state index contributed by atoms with van der Waals surface area (Å²) in [5, 5.41) is 3.30. The first-order valence-corrected chi connectivity index (χ1v) is 5.28. The van der Waals surface area contributed by atoms with Gasteiger partial charge in [0.05, 0.1) is 24.9 Å². The summed E-state index contributed by atoms with van der Waals surface area (Å²) in [7, 11) is 0. The second-order valence-electron chi connectivity index (χ2n) is 3.37. The van der Waals surface area contributed by atoms with Crippen LogP contribution in [0.4, 0.5) is 5.82 Å². The quantitative estimate of drug-likeness (QED) is 0.609. The molecule has 3 aromatic heterocycles. The summed E-state index contributed by atoms with van der Waals surface area (Å²) < 4.78 is 0. The van der Waals surface area contributed by atoms with Crippen molar-refractivity contribution < 1.29 is 0 Å². The highest BCUT2D eigenvalue weighted by Crippen LogP contribution is 2.18. The van der Waals surface area contributed by atoms with Crippen molar-refractivity contribution in [2.75, 3.05) is 5.32 Å². The minimum atomic E-state index is 0.164. The number of imidazole rings is 2. The van der Waals surface area contributed by atoms with Crippen molar-refractivity contribution in [1.29, 1.82) is 0 Å². The lowest BCUT2D eigenvalue weighted by Crippen LogP contribution is -2.03. The topological polar surface area (TPSA) is 95.2 Å². The average molecular weight is 250 g/mol. The van der Waals surface area contributed by atoms with Crippen LogP contribution in [0.15, 0.2) is 18.9 Å². The fourth-order valence-corrected chi connectivity index (χ4v) is 1.66. The molecule has 0 aliphatic carbocycles. The number of aromatic amines is 2. The summed E-state index contributed by atoms with van der Waals surface area (Å²) in [5.41, 5.74) is 2.22. The molecular formula is C9H8ClN7. The number of anilines is 1. The monoisotopic (exact) mass is 249 g/mol. The molecule has 17 heavy (non-hydrogen) atoms. The van der Waals surface area contributed by atoms with Gasteiger partial charge in [0.2, 0.25) is 5.28 Å². The van der Waals surface area contributed by atoms with Gasteiger partial charge in [-0.3, -0.25) is 0 Å². The summed E-state index contributed by atoms with van der Waals surface area (Å²) in [6, 6.07) is 0. The summed E-state index contributed by atoms with van der Waals surface area (Å²) >= 11 is 5.81. The molecule has 0 saturated carbocycles. The van der Waals surface area contributed by atoms with Gasteiger partial charge in [-0.15, -0.1) is 0 Å². The molecule has 0 aliphatic rings. The van der Waals surface area contributed by atoms with E-state index in [1.165, 1.54) is 0 Å². The van der Waals surface area contributed by atoms with Crippen LogP contribution >= 0.6 is 11.6 Å². The Kier molecular flexibility index (Phi) is 2.37. The van der Waals surface area contributed by atoms with Crippen LogP contribution in [-0.4, -0.2) is 29.9 Å².